The van der Waals surface area contributed by atoms with Crippen LogP contribution in [0.25, 0.3) is 11.2 Å². The van der Waals surface area contributed by atoms with Gasteiger partial charge in [-0.1, -0.05) is 18.2 Å². The second kappa shape index (κ2) is 6.91. The lowest BCUT2D eigenvalue weighted by Crippen LogP contribution is -2.34. The van der Waals surface area contributed by atoms with Crippen molar-refractivity contribution in [3.05, 3.63) is 48.5 Å². The number of imidazole rings is 1. The number of aliphatic hydroxyl groups is 2. The maximum absolute atomic E-state index is 12.0. The third kappa shape index (κ3) is 3.10. The van der Waals surface area contributed by atoms with E-state index in [-0.39, 0.29) is 23.7 Å². The minimum atomic E-state index is -1.31. The highest BCUT2D eigenvalue weighted by Crippen LogP contribution is 2.32. The first-order valence-electron chi connectivity index (χ1n) is 8.16. The molecule has 140 valence electrons. The average Bonchev–Trinajstić information content (AvgIpc) is 3.23. The maximum atomic E-state index is 12.0. The van der Waals surface area contributed by atoms with Crippen LogP contribution in [0.5, 0.6) is 5.88 Å². The van der Waals surface area contributed by atoms with Gasteiger partial charge in [0.05, 0.1) is 11.9 Å². The van der Waals surface area contributed by atoms with E-state index in [1.54, 1.807) is 30.3 Å². The normalized spacial score (nSPS) is 25.0. The highest BCUT2D eigenvalue weighted by atomic mass is 16.6. The number of esters is 1. The molecule has 3 aromatic rings. The predicted molar refractivity (Wildman–Crippen MR) is 89.6 cm³/mol. The Kier molecular flexibility index (Phi) is 4.44. The fraction of sp³-hybridized carbons (Fsp3) is 0.294. The molecule has 0 aliphatic carbocycles. The van der Waals surface area contributed by atoms with E-state index in [1.165, 1.54) is 10.9 Å². The summed E-state index contributed by atoms with van der Waals surface area (Å²) in [5.74, 6) is -0.866. The largest absolute Gasteiger partial charge is 0.492 e. The van der Waals surface area contributed by atoms with Crippen LogP contribution in [0.3, 0.4) is 0 Å². The molecule has 3 heterocycles. The Morgan fingerprint density at radius 2 is 1.93 bits per heavy atom. The summed E-state index contributed by atoms with van der Waals surface area (Å²) >= 11 is 0. The van der Waals surface area contributed by atoms with Crippen LogP contribution >= 0.6 is 0 Å². The van der Waals surface area contributed by atoms with Crippen molar-refractivity contribution in [1.29, 1.82) is 0 Å². The number of carbonyl (C=O) groups is 1. The van der Waals surface area contributed by atoms with E-state index in [0.717, 1.165) is 6.33 Å². The number of aromatic hydroxyl groups is 1. The zero-order valence-electron chi connectivity index (χ0n) is 13.9. The lowest BCUT2D eigenvalue weighted by Gasteiger charge is -2.16. The molecule has 3 N–H and O–H groups in total. The van der Waals surface area contributed by atoms with Crippen LogP contribution < -0.4 is 0 Å². The SMILES string of the molecule is O=C(OC[C@H]1O[C@@H](n2cnc3c(O)ncnc32)C(O)C1O)c1ccccc1. The van der Waals surface area contributed by atoms with Crippen molar-refractivity contribution in [1.82, 2.24) is 19.5 Å². The molecular formula is C17H16N4O6. The lowest BCUT2D eigenvalue weighted by atomic mass is 10.1. The Labute approximate surface area is 152 Å². The number of ether oxygens (including phenoxy) is 2. The summed E-state index contributed by atoms with van der Waals surface area (Å²) in [5.41, 5.74) is 0.747. The third-order valence-electron chi connectivity index (χ3n) is 4.34. The highest BCUT2D eigenvalue weighted by molar-refractivity contribution is 5.89. The zero-order valence-corrected chi connectivity index (χ0v) is 13.9. The fourth-order valence-corrected chi connectivity index (χ4v) is 2.94. The third-order valence-corrected chi connectivity index (χ3v) is 4.34. The molecule has 1 aromatic carbocycles. The molecule has 0 saturated carbocycles. The van der Waals surface area contributed by atoms with Crippen LogP contribution in [0.2, 0.25) is 0 Å². The molecule has 27 heavy (non-hydrogen) atoms. The standard InChI is InChI=1S/C17H16N4O6/c22-12-10(6-26-17(25)9-4-2-1-3-5-9)27-16(13(12)23)21-8-20-11-14(21)18-7-19-15(11)24/h1-5,7-8,10,12-13,16,22-23H,6H2,(H,18,19,24)/t10-,12?,13?,16-/m1/s1. The van der Waals surface area contributed by atoms with Crippen molar-refractivity contribution in [3.8, 4) is 5.88 Å². The van der Waals surface area contributed by atoms with Crippen molar-refractivity contribution >= 4 is 17.1 Å². The van der Waals surface area contributed by atoms with Crippen LogP contribution in [0, 0.1) is 0 Å². The summed E-state index contributed by atoms with van der Waals surface area (Å²) in [6.07, 6.45) is -2.08. The first-order valence-corrected chi connectivity index (χ1v) is 8.16. The Morgan fingerprint density at radius 3 is 2.70 bits per heavy atom. The van der Waals surface area contributed by atoms with Crippen molar-refractivity contribution in [2.45, 2.75) is 24.5 Å². The lowest BCUT2D eigenvalue weighted by molar-refractivity contribution is -0.0565. The Bertz CT molecular complexity index is 962. The number of hydrogen-bond acceptors (Lipinski definition) is 9. The van der Waals surface area contributed by atoms with E-state index in [2.05, 4.69) is 15.0 Å². The molecule has 10 nitrogen and oxygen atoms in total. The molecular weight excluding hydrogens is 356 g/mol. The Morgan fingerprint density at radius 1 is 1.15 bits per heavy atom. The van der Waals surface area contributed by atoms with Gasteiger partial charge in [0.15, 0.2) is 17.4 Å². The molecule has 1 saturated heterocycles. The van der Waals surface area contributed by atoms with Gasteiger partial charge in [-0.3, -0.25) is 4.57 Å². The molecule has 0 amide bonds. The van der Waals surface area contributed by atoms with Gasteiger partial charge in [-0.05, 0) is 12.1 Å². The number of aromatic nitrogens is 4. The van der Waals surface area contributed by atoms with Crippen molar-refractivity contribution in [2.75, 3.05) is 6.61 Å². The van der Waals surface area contributed by atoms with Crippen molar-refractivity contribution in [3.63, 3.8) is 0 Å². The second-order valence-corrected chi connectivity index (χ2v) is 6.03. The van der Waals surface area contributed by atoms with E-state index in [4.69, 9.17) is 9.47 Å². The predicted octanol–water partition coefficient (Wildman–Crippen LogP) is 0.00810. The van der Waals surface area contributed by atoms with E-state index in [9.17, 15) is 20.1 Å². The van der Waals surface area contributed by atoms with E-state index in [1.807, 2.05) is 0 Å². The molecule has 0 bridgehead atoms. The summed E-state index contributed by atoms with van der Waals surface area (Å²) in [4.78, 5) is 23.7. The molecule has 0 radical (unpaired) electrons. The number of benzene rings is 1. The molecule has 0 spiro atoms. The monoisotopic (exact) mass is 372 g/mol. The molecule has 1 fully saturated rings. The van der Waals surface area contributed by atoms with Gasteiger partial charge in [0.2, 0.25) is 5.88 Å². The molecule has 2 aromatic heterocycles. The van der Waals surface area contributed by atoms with Gasteiger partial charge < -0.3 is 24.8 Å². The maximum Gasteiger partial charge on any atom is 0.338 e. The smallest absolute Gasteiger partial charge is 0.338 e. The molecule has 1 aliphatic heterocycles. The number of fused-ring (bicyclic) bond motifs is 1. The van der Waals surface area contributed by atoms with Crippen molar-refractivity contribution < 1.29 is 29.6 Å². The second-order valence-electron chi connectivity index (χ2n) is 6.03. The van der Waals surface area contributed by atoms with Crippen LogP contribution in [0.15, 0.2) is 43.0 Å². The van der Waals surface area contributed by atoms with Gasteiger partial charge in [0.1, 0.15) is 31.2 Å². The first kappa shape index (κ1) is 17.3. The fourth-order valence-electron chi connectivity index (χ4n) is 2.94. The molecule has 10 heteroatoms. The minimum Gasteiger partial charge on any atom is -0.492 e. The molecule has 1 aliphatic rings. The molecule has 4 rings (SSSR count). The topological polar surface area (TPSA) is 140 Å². The zero-order chi connectivity index (χ0) is 19.0. The summed E-state index contributed by atoms with van der Waals surface area (Å²) in [7, 11) is 0. The van der Waals surface area contributed by atoms with Crippen LogP contribution in [0.4, 0.5) is 0 Å². The number of hydrogen-bond donors (Lipinski definition) is 3. The van der Waals surface area contributed by atoms with Gasteiger partial charge in [0.25, 0.3) is 0 Å². The molecule has 2 unspecified atom stereocenters. The number of aliphatic hydroxyl groups excluding tert-OH is 2. The van der Waals surface area contributed by atoms with Gasteiger partial charge in [-0.2, -0.15) is 4.98 Å². The summed E-state index contributed by atoms with van der Waals surface area (Å²) in [6, 6.07) is 8.40. The van der Waals surface area contributed by atoms with Crippen LogP contribution in [0.1, 0.15) is 16.6 Å². The summed E-state index contributed by atoms with van der Waals surface area (Å²) in [5, 5.41) is 30.3. The molecule has 4 atom stereocenters. The summed E-state index contributed by atoms with van der Waals surface area (Å²) in [6.45, 7) is -0.241. The average molecular weight is 372 g/mol. The van der Waals surface area contributed by atoms with E-state index in [0.29, 0.717) is 5.56 Å². The van der Waals surface area contributed by atoms with E-state index >= 15 is 0 Å². The minimum absolute atomic E-state index is 0.141. The first-order chi connectivity index (χ1) is 13.1. The highest BCUT2D eigenvalue weighted by Gasteiger charge is 2.45. The van der Waals surface area contributed by atoms with E-state index < -0.39 is 30.5 Å². The van der Waals surface area contributed by atoms with Crippen LogP contribution in [-0.4, -0.2) is 65.7 Å². The Hall–Kier alpha value is -3.08. The number of carbonyl (C=O) groups excluding carboxylic acids is 1. The van der Waals surface area contributed by atoms with Crippen LogP contribution in [-0.2, 0) is 9.47 Å². The Balaban J connectivity index is 1.49. The quantitative estimate of drug-likeness (QED) is 0.540. The number of nitrogens with zero attached hydrogens (tertiary/aromatic N) is 4. The van der Waals surface area contributed by atoms with Crippen molar-refractivity contribution in [2.24, 2.45) is 0 Å². The van der Waals surface area contributed by atoms with Gasteiger partial charge in [-0.15, -0.1) is 0 Å². The van der Waals surface area contributed by atoms with Gasteiger partial charge in [0, 0.05) is 0 Å². The van der Waals surface area contributed by atoms with Gasteiger partial charge >= 0.3 is 5.97 Å². The van der Waals surface area contributed by atoms with Gasteiger partial charge in [-0.25, -0.2) is 14.8 Å². The number of rotatable bonds is 4. The summed E-state index contributed by atoms with van der Waals surface area (Å²) < 4.78 is 12.2.